The molecule has 0 bridgehead atoms. The van der Waals surface area contributed by atoms with Gasteiger partial charge in [0.2, 0.25) is 0 Å². The highest BCUT2D eigenvalue weighted by Gasteiger charge is 2.19. The number of phenolic OH excluding ortho intramolecular Hbond substituents is 1. The van der Waals surface area contributed by atoms with Gasteiger partial charge in [-0.15, -0.1) is 0 Å². The van der Waals surface area contributed by atoms with Crippen LogP contribution in [-0.4, -0.2) is 29.0 Å². The molecule has 0 aliphatic rings. The van der Waals surface area contributed by atoms with E-state index < -0.39 is 5.82 Å². The van der Waals surface area contributed by atoms with Gasteiger partial charge in [0, 0.05) is 19.2 Å². The number of benzene rings is 1. The lowest BCUT2D eigenvalue weighted by atomic mass is 10.1. The zero-order valence-corrected chi connectivity index (χ0v) is 11.1. The maximum absolute atomic E-state index is 13.6. The summed E-state index contributed by atoms with van der Waals surface area (Å²) in [5, 5.41) is 9.13. The number of carbonyl (C=O) groups is 1. The Morgan fingerprint density at radius 3 is 2.61 bits per heavy atom. The van der Waals surface area contributed by atoms with Crippen LogP contribution in [0.4, 0.5) is 4.39 Å². The van der Waals surface area contributed by atoms with Gasteiger partial charge in [-0.05, 0) is 25.0 Å². The molecule has 1 unspecified atom stereocenters. The van der Waals surface area contributed by atoms with Gasteiger partial charge in [0.15, 0.2) is 0 Å². The van der Waals surface area contributed by atoms with Crippen LogP contribution in [0.15, 0.2) is 18.2 Å². The fraction of sp³-hybridized carbons (Fsp3) is 0.500. The molecule has 0 fully saturated rings. The zero-order chi connectivity index (χ0) is 13.7. The summed E-state index contributed by atoms with van der Waals surface area (Å²) in [5.41, 5.74) is 0.0120. The number of rotatable bonds is 5. The predicted octanol–water partition coefficient (Wildman–Crippen LogP) is 3.04. The molecule has 0 aliphatic heterocycles. The third kappa shape index (κ3) is 3.45. The van der Waals surface area contributed by atoms with E-state index in [4.69, 9.17) is 5.11 Å². The van der Waals surface area contributed by atoms with E-state index in [1.54, 1.807) is 4.90 Å². The van der Waals surface area contributed by atoms with Crippen molar-refractivity contribution >= 4 is 5.91 Å². The summed E-state index contributed by atoms with van der Waals surface area (Å²) in [6.45, 7) is 7.15. The average Bonchev–Trinajstić information content (AvgIpc) is 2.34. The Bertz CT molecular complexity index is 420. The van der Waals surface area contributed by atoms with Crippen molar-refractivity contribution < 1.29 is 14.3 Å². The second-order valence-electron chi connectivity index (χ2n) is 4.52. The molecule has 0 saturated carbocycles. The van der Waals surface area contributed by atoms with E-state index in [0.717, 1.165) is 12.5 Å². The van der Waals surface area contributed by atoms with E-state index in [2.05, 4.69) is 13.8 Å². The molecule has 1 atom stereocenters. The SMILES string of the molecule is CCC(C)CN(CC)C(=O)c1ccc(O)cc1F. The monoisotopic (exact) mass is 253 g/mol. The number of phenols is 1. The van der Waals surface area contributed by atoms with Crippen molar-refractivity contribution in [2.24, 2.45) is 5.92 Å². The van der Waals surface area contributed by atoms with Gasteiger partial charge in [0.25, 0.3) is 5.91 Å². The molecule has 1 N–H and O–H groups in total. The smallest absolute Gasteiger partial charge is 0.256 e. The lowest BCUT2D eigenvalue weighted by Gasteiger charge is -2.24. The Morgan fingerprint density at radius 2 is 2.11 bits per heavy atom. The Labute approximate surface area is 107 Å². The van der Waals surface area contributed by atoms with Crippen LogP contribution in [0.25, 0.3) is 0 Å². The standard InChI is InChI=1S/C14H20FNO2/c1-4-10(3)9-16(5-2)14(18)12-7-6-11(17)8-13(12)15/h6-8,10,17H,4-5,9H2,1-3H3. The largest absolute Gasteiger partial charge is 0.508 e. The summed E-state index contributed by atoms with van der Waals surface area (Å²) < 4.78 is 13.6. The number of halogens is 1. The zero-order valence-electron chi connectivity index (χ0n) is 11.1. The van der Waals surface area contributed by atoms with Crippen LogP contribution in [0.2, 0.25) is 0 Å². The van der Waals surface area contributed by atoms with Crippen molar-refractivity contribution in [1.82, 2.24) is 4.90 Å². The van der Waals surface area contributed by atoms with Crippen molar-refractivity contribution in [3.05, 3.63) is 29.6 Å². The van der Waals surface area contributed by atoms with E-state index in [1.807, 2.05) is 6.92 Å². The number of nitrogens with zero attached hydrogens (tertiary/aromatic N) is 1. The van der Waals surface area contributed by atoms with Gasteiger partial charge < -0.3 is 10.0 Å². The van der Waals surface area contributed by atoms with Crippen LogP contribution in [-0.2, 0) is 0 Å². The van der Waals surface area contributed by atoms with Crippen LogP contribution >= 0.6 is 0 Å². The average molecular weight is 253 g/mol. The number of amides is 1. The summed E-state index contributed by atoms with van der Waals surface area (Å²) in [7, 11) is 0. The molecule has 1 rings (SSSR count). The normalized spacial score (nSPS) is 12.2. The molecule has 4 heteroatoms. The van der Waals surface area contributed by atoms with Crippen molar-refractivity contribution in [2.45, 2.75) is 27.2 Å². The minimum Gasteiger partial charge on any atom is -0.508 e. The fourth-order valence-corrected chi connectivity index (χ4v) is 1.71. The van der Waals surface area contributed by atoms with E-state index in [1.165, 1.54) is 12.1 Å². The van der Waals surface area contributed by atoms with Crippen LogP contribution in [0.5, 0.6) is 5.75 Å². The third-order valence-electron chi connectivity index (χ3n) is 3.08. The molecular weight excluding hydrogens is 233 g/mol. The molecule has 1 aromatic rings. The van der Waals surface area contributed by atoms with E-state index in [0.29, 0.717) is 19.0 Å². The first kappa shape index (κ1) is 14.5. The van der Waals surface area contributed by atoms with Gasteiger partial charge in [-0.25, -0.2) is 4.39 Å². The molecule has 0 saturated heterocycles. The van der Waals surface area contributed by atoms with E-state index in [-0.39, 0.29) is 17.2 Å². The summed E-state index contributed by atoms with van der Waals surface area (Å²) >= 11 is 0. The van der Waals surface area contributed by atoms with Gasteiger partial charge in [0.05, 0.1) is 5.56 Å². The van der Waals surface area contributed by atoms with Crippen LogP contribution < -0.4 is 0 Å². The molecule has 0 aromatic heterocycles. The molecule has 1 amide bonds. The first-order valence-electron chi connectivity index (χ1n) is 6.27. The molecular formula is C14H20FNO2. The van der Waals surface area contributed by atoms with Gasteiger partial charge >= 0.3 is 0 Å². The predicted molar refractivity (Wildman–Crippen MR) is 69.1 cm³/mol. The minimum atomic E-state index is -0.678. The lowest BCUT2D eigenvalue weighted by molar-refractivity contribution is 0.0736. The highest BCUT2D eigenvalue weighted by molar-refractivity contribution is 5.94. The number of aromatic hydroxyl groups is 1. The Morgan fingerprint density at radius 1 is 1.44 bits per heavy atom. The van der Waals surface area contributed by atoms with Crippen molar-refractivity contribution in [3.8, 4) is 5.75 Å². The fourth-order valence-electron chi connectivity index (χ4n) is 1.71. The quantitative estimate of drug-likeness (QED) is 0.876. The number of carbonyl (C=O) groups excluding carboxylic acids is 1. The molecule has 0 heterocycles. The summed E-state index contributed by atoms with van der Waals surface area (Å²) in [6, 6.07) is 3.62. The van der Waals surface area contributed by atoms with Crippen molar-refractivity contribution in [2.75, 3.05) is 13.1 Å². The highest BCUT2D eigenvalue weighted by Crippen LogP contribution is 2.17. The first-order chi connectivity index (χ1) is 8.49. The molecule has 0 spiro atoms. The van der Waals surface area contributed by atoms with Crippen LogP contribution in [0, 0.1) is 11.7 Å². The van der Waals surface area contributed by atoms with Crippen LogP contribution in [0.3, 0.4) is 0 Å². The second kappa shape index (κ2) is 6.38. The molecule has 18 heavy (non-hydrogen) atoms. The Balaban J connectivity index is 2.89. The van der Waals surface area contributed by atoms with Gasteiger partial charge in [-0.1, -0.05) is 20.3 Å². The number of hydrogen-bond acceptors (Lipinski definition) is 2. The van der Waals surface area contributed by atoms with Gasteiger partial charge in [-0.2, -0.15) is 0 Å². The number of hydrogen-bond donors (Lipinski definition) is 1. The molecule has 0 aliphatic carbocycles. The Hall–Kier alpha value is -1.58. The lowest BCUT2D eigenvalue weighted by Crippen LogP contribution is -2.35. The first-order valence-corrected chi connectivity index (χ1v) is 6.27. The van der Waals surface area contributed by atoms with Crippen molar-refractivity contribution in [1.29, 1.82) is 0 Å². The molecule has 0 radical (unpaired) electrons. The molecule has 3 nitrogen and oxygen atoms in total. The maximum Gasteiger partial charge on any atom is 0.256 e. The molecule has 100 valence electrons. The third-order valence-corrected chi connectivity index (χ3v) is 3.08. The van der Waals surface area contributed by atoms with E-state index in [9.17, 15) is 9.18 Å². The highest BCUT2D eigenvalue weighted by atomic mass is 19.1. The van der Waals surface area contributed by atoms with Crippen molar-refractivity contribution in [3.63, 3.8) is 0 Å². The second-order valence-corrected chi connectivity index (χ2v) is 4.52. The molecule has 1 aromatic carbocycles. The van der Waals surface area contributed by atoms with E-state index >= 15 is 0 Å². The Kier molecular flexibility index (Phi) is 5.13. The van der Waals surface area contributed by atoms with Crippen LogP contribution in [0.1, 0.15) is 37.6 Å². The van der Waals surface area contributed by atoms with Gasteiger partial charge in [-0.3, -0.25) is 4.79 Å². The minimum absolute atomic E-state index is 0.0120. The topological polar surface area (TPSA) is 40.5 Å². The summed E-state index contributed by atoms with van der Waals surface area (Å²) in [6.07, 6.45) is 0.974. The van der Waals surface area contributed by atoms with Gasteiger partial charge in [0.1, 0.15) is 11.6 Å². The summed E-state index contributed by atoms with van der Waals surface area (Å²) in [5.74, 6) is -0.791. The summed E-state index contributed by atoms with van der Waals surface area (Å²) in [4.78, 5) is 13.8. The maximum atomic E-state index is 13.6.